The molecule has 4 rings (SSSR count). The molecule has 0 amide bonds. The summed E-state index contributed by atoms with van der Waals surface area (Å²) >= 11 is 6.10. The number of hydrogen-bond acceptors (Lipinski definition) is 6. The molecular formula is C25H26ClNO6S. The number of hydrogen-bond donors (Lipinski definition) is 0. The normalized spacial score (nSPS) is 15.9. The monoisotopic (exact) mass is 503 g/mol. The Morgan fingerprint density at radius 2 is 1.59 bits per heavy atom. The third-order valence-corrected chi connectivity index (χ3v) is 7.96. The quantitative estimate of drug-likeness (QED) is 0.442. The van der Waals surface area contributed by atoms with E-state index < -0.39 is 16.1 Å². The molecule has 0 radical (unpaired) electrons. The van der Waals surface area contributed by atoms with Crippen LogP contribution >= 0.6 is 11.6 Å². The zero-order chi connectivity index (χ0) is 24.3. The summed E-state index contributed by atoms with van der Waals surface area (Å²) < 4.78 is 51.0. The van der Waals surface area contributed by atoms with Gasteiger partial charge in [-0.05, 0) is 72.1 Å². The highest BCUT2D eigenvalue weighted by Gasteiger charge is 2.38. The highest BCUT2D eigenvalue weighted by molar-refractivity contribution is 7.89. The Kier molecular flexibility index (Phi) is 7.21. The molecular weight excluding hydrogens is 478 g/mol. The minimum Gasteiger partial charge on any atom is -0.497 e. The van der Waals surface area contributed by atoms with Gasteiger partial charge in [-0.1, -0.05) is 17.7 Å². The molecule has 0 spiro atoms. The van der Waals surface area contributed by atoms with Crippen LogP contribution in [0, 0.1) is 0 Å². The molecule has 1 heterocycles. The number of nitrogens with zero attached hydrogens (tertiary/aromatic N) is 1. The molecule has 3 aromatic carbocycles. The largest absolute Gasteiger partial charge is 0.497 e. The first-order valence-corrected chi connectivity index (χ1v) is 12.5. The number of halogens is 1. The van der Waals surface area contributed by atoms with Crippen LogP contribution in [0.3, 0.4) is 0 Å². The number of methoxy groups -OCH3 is 3. The summed E-state index contributed by atoms with van der Waals surface area (Å²) in [6.45, 7) is 0.391. The van der Waals surface area contributed by atoms with Crippen LogP contribution in [0.5, 0.6) is 23.0 Å². The van der Waals surface area contributed by atoms with E-state index in [0.717, 1.165) is 11.1 Å². The lowest BCUT2D eigenvalue weighted by atomic mass is 9.94. The van der Waals surface area contributed by atoms with Crippen molar-refractivity contribution >= 4 is 21.6 Å². The van der Waals surface area contributed by atoms with Gasteiger partial charge in [0, 0.05) is 11.6 Å². The summed E-state index contributed by atoms with van der Waals surface area (Å²) in [5.74, 6) is 2.44. The smallest absolute Gasteiger partial charge is 0.243 e. The lowest BCUT2D eigenvalue weighted by Crippen LogP contribution is -2.42. The molecule has 180 valence electrons. The van der Waals surface area contributed by atoms with Gasteiger partial charge in [0.15, 0.2) is 11.5 Å². The van der Waals surface area contributed by atoms with Gasteiger partial charge in [-0.25, -0.2) is 8.42 Å². The third-order valence-electron chi connectivity index (χ3n) is 5.82. The maximum Gasteiger partial charge on any atom is 0.243 e. The number of ether oxygens (including phenoxy) is 4. The summed E-state index contributed by atoms with van der Waals surface area (Å²) in [6, 6.07) is 16.6. The second-order valence-electron chi connectivity index (χ2n) is 7.73. The van der Waals surface area contributed by atoms with E-state index in [1.165, 1.54) is 10.4 Å². The first-order valence-electron chi connectivity index (χ1n) is 10.7. The molecule has 1 atom stereocenters. The minimum absolute atomic E-state index is 0.106. The fraction of sp³-hybridized carbons (Fsp3) is 0.280. The molecule has 3 aromatic rings. The SMILES string of the molecule is COc1ccc(OCC2c3cc(OC)c(OC)cc3CCN2S(=O)(=O)c2cccc(Cl)c2)cc1. The second-order valence-corrected chi connectivity index (χ2v) is 10.1. The molecule has 34 heavy (non-hydrogen) atoms. The van der Waals surface area contributed by atoms with Crippen LogP contribution in [-0.4, -0.2) is 47.2 Å². The van der Waals surface area contributed by atoms with Crippen LogP contribution in [-0.2, 0) is 16.4 Å². The molecule has 1 aliphatic heterocycles. The first-order chi connectivity index (χ1) is 16.4. The predicted octanol–water partition coefficient (Wildman–Crippen LogP) is 4.73. The van der Waals surface area contributed by atoms with E-state index in [4.69, 9.17) is 30.5 Å². The van der Waals surface area contributed by atoms with Crippen LogP contribution in [0.4, 0.5) is 0 Å². The average molecular weight is 504 g/mol. The first kappa shape index (κ1) is 24.2. The van der Waals surface area contributed by atoms with Crippen molar-refractivity contribution in [2.75, 3.05) is 34.5 Å². The van der Waals surface area contributed by atoms with Gasteiger partial charge in [-0.2, -0.15) is 4.31 Å². The number of rotatable bonds is 8. The zero-order valence-electron chi connectivity index (χ0n) is 19.2. The molecule has 0 saturated carbocycles. The molecule has 0 saturated heterocycles. The average Bonchev–Trinajstić information content (AvgIpc) is 2.86. The standard InChI is InChI=1S/C25H26ClNO6S/c1-30-19-7-9-20(10-8-19)33-16-23-22-15-25(32-3)24(31-2)13-17(22)11-12-27(23)34(28,29)21-6-4-5-18(26)14-21/h4-10,13-15,23H,11-12,16H2,1-3H3. The fourth-order valence-corrected chi connectivity index (χ4v) is 5.97. The molecule has 0 N–H and O–H groups in total. The zero-order valence-corrected chi connectivity index (χ0v) is 20.7. The van der Waals surface area contributed by atoms with E-state index in [1.807, 2.05) is 12.1 Å². The Morgan fingerprint density at radius 1 is 0.912 bits per heavy atom. The summed E-state index contributed by atoms with van der Waals surface area (Å²) in [5, 5.41) is 0.357. The van der Waals surface area contributed by atoms with Crippen molar-refractivity contribution in [3.05, 3.63) is 76.8 Å². The maximum atomic E-state index is 13.7. The van der Waals surface area contributed by atoms with E-state index in [2.05, 4.69) is 0 Å². The van der Waals surface area contributed by atoms with Crippen LogP contribution in [0.25, 0.3) is 0 Å². The molecule has 9 heteroatoms. The van der Waals surface area contributed by atoms with Gasteiger partial charge in [0.2, 0.25) is 10.0 Å². The molecule has 7 nitrogen and oxygen atoms in total. The van der Waals surface area contributed by atoms with Crippen LogP contribution in [0.1, 0.15) is 17.2 Å². The summed E-state index contributed by atoms with van der Waals surface area (Å²) in [7, 11) is 0.871. The Morgan fingerprint density at radius 3 is 2.24 bits per heavy atom. The topological polar surface area (TPSA) is 74.3 Å². The maximum absolute atomic E-state index is 13.7. The van der Waals surface area contributed by atoms with Gasteiger partial charge in [-0.15, -0.1) is 0 Å². The van der Waals surface area contributed by atoms with Gasteiger partial charge in [0.05, 0.1) is 32.3 Å². The van der Waals surface area contributed by atoms with Gasteiger partial charge in [0.1, 0.15) is 18.1 Å². The molecule has 0 fully saturated rings. The molecule has 0 aromatic heterocycles. The molecule has 1 aliphatic rings. The van der Waals surface area contributed by atoms with E-state index in [9.17, 15) is 8.42 Å². The molecule has 1 unspecified atom stereocenters. The highest BCUT2D eigenvalue weighted by Crippen LogP contribution is 2.40. The summed E-state index contributed by atoms with van der Waals surface area (Å²) in [5.41, 5.74) is 1.79. The third kappa shape index (κ3) is 4.80. The van der Waals surface area contributed by atoms with E-state index in [1.54, 1.807) is 63.8 Å². The van der Waals surface area contributed by atoms with Gasteiger partial charge >= 0.3 is 0 Å². The Labute approximate surface area is 204 Å². The lowest BCUT2D eigenvalue weighted by Gasteiger charge is -2.36. The Balaban J connectivity index is 1.74. The van der Waals surface area contributed by atoms with Crippen molar-refractivity contribution in [3.63, 3.8) is 0 Å². The van der Waals surface area contributed by atoms with Crippen molar-refractivity contribution in [3.8, 4) is 23.0 Å². The van der Waals surface area contributed by atoms with Gasteiger partial charge in [-0.3, -0.25) is 0 Å². The van der Waals surface area contributed by atoms with Gasteiger partial charge in [0.25, 0.3) is 0 Å². The molecule has 0 aliphatic carbocycles. The van der Waals surface area contributed by atoms with Crippen molar-refractivity contribution in [2.24, 2.45) is 0 Å². The fourth-order valence-electron chi connectivity index (χ4n) is 4.08. The predicted molar refractivity (Wildman–Crippen MR) is 130 cm³/mol. The van der Waals surface area contributed by atoms with Crippen molar-refractivity contribution in [1.29, 1.82) is 0 Å². The van der Waals surface area contributed by atoms with Crippen molar-refractivity contribution in [2.45, 2.75) is 17.4 Å². The highest BCUT2D eigenvalue weighted by atomic mass is 35.5. The van der Waals surface area contributed by atoms with Gasteiger partial charge < -0.3 is 18.9 Å². The minimum atomic E-state index is -3.85. The van der Waals surface area contributed by atoms with E-state index in [-0.39, 0.29) is 18.0 Å². The number of sulfonamides is 1. The van der Waals surface area contributed by atoms with E-state index >= 15 is 0 Å². The molecule has 0 bridgehead atoms. The lowest BCUT2D eigenvalue weighted by molar-refractivity contribution is 0.196. The van der Waals surface area contributed by atoms with Crippen LogP contribution in [0.2, 0.25) is 5.02 Å². The summed E-state index contributed by atoms with van der Waals surface area (Å²) in [4.78, 5) is 0.137. The van der Waals surface area contributed by atoms with Crippen molar-refractivity contribution in [1.82, 2.24) is 4.31 Å². The van der Waals surface area contributed by atoms with Crippen molar-refractivity contribution < 1.29 is 27.4 Å². The van der Waals surface area contributed by atoms with E-state index in [0.29, 0.717) is 34.4 Å². The number of fused-ring (bicyclic) bond motifs is 1. The summed E-state index contributed by atoms with van der Waals surface area (Å²) in [6.07, 6.45) is 0.522. The second kappa shape index (κ2) is 10.1. The Hall–Kier alpha value is -2.94. The van der Waals surface area contributed by atoms with Crippen LogP contribution in [0.15, 0.2) is 65.6 Å². The number of benzene rings is 3. The Bertz CT molecular complexity index is 1260. The van der Waals surface area contributed by atoms with Crippen LogP contribution < -0.4 is 18.9 Å².